The topological polar surface area (TPSA) is 92.2 Å². The molecule has 3 N–H and O–H groups in total. The molecule has 0 aliphatic rings. The molecule has 3 aromatic carbocycles. The van der Waals surface area contributed by atoms with E-state index in [1.807, 2.05) is 46.3 Å². The van der Waals surface area contributed by atoms with Gasteiger partial charge >= 0.3 is 0 Å². The zero-order chi connectivity index (χ0) is 24.5. The van der Waals surface area contributed by atoms with Crippen LogP contribution in [-0.4, -0.2) is 30.4 Å². The van der Waals surface area contributed by atoms with Crippen molar-refractivity contribution >= 4 is 46.1 Å². The fourth-order valence-electron chi connectivity index (χ4n) is 2.76. The lowest BCUT2D eigenvalue weighted by Crippen LogP contribution is -2.26. The Morgan fingerprint density at radius 1 is 1.09 bits per heavy atom. The Hall–Kier alpha value is -3.16. The number of hydroxylamine groups is 1. The molecule has 178 valence electrons. The zero-order valence-electron chi connectivity index (χ0n) is 17.5. The largest absolute Gasteiger partial charge is 0.394 e. The third-order valence-corrected chi connectivity index (χ3v) is 5.04. The number of amides is 1. The van der Waals surface area contributed by atoms with Crippen LogP contribution in [0.3, 0.4) is 0 Å². The van der Waals surface area contributed by atoms with Crippen LogP contribution in [0.25, 0.3) is 0 Å². The number of rotatable bonds is 10. The van der Waals surface area contributed by atoms with Gasteiger partial charge in [-0.25, -0.2) is 18.7 Å². The molecule has 3 aromatic rings. The van der Waals surface area contributed by atoms with Gasteiger partial charge in [-0.3, -0.25) is 9.63 Å². The molecule has 0 spiro atoms. The van der Waals surface area contributed by atoms with Gasteiger partial charge in [0.05, 0.1) is 36.4 Å². The maximum Gasteiger partial charge on any atom is 0.277 e. The van der Waals surface area contributed by atoms with Crippen molar-refractivity contribution in [3.05, 3.63) is 92.3 Å². The predicted molar refractivity (Wildman–Crippen MR) is 128 cm³/mol. The number of aliphatic hydroxyl groups excluding tert-OH is 1. The zero-order valence-corrected chi connectivity index (χ0v) is 19.7. The predicted octanol–water partition coefficient (Wildman–Crippen LogP) is 4.66. The summed E-state index contributed by atoms with van der Waals surface area (Å²) in [5, 5.41) is 14.9. The smallest absolute Gasteiger partial charge is 0.277 e. The highest BCUT2D eigenvalue weighted by molar-refractivity contribution is 14.1. The summed E-state index contributed by atoms with van der Waals surface area (Å²) in [5.41, 5.74) is 1.28. The normalized spacial score (nSPS) is 11.0. The number of aliphatic hydroxyl groups is 1. The van der Waals surface area contributed by atoms with Crippen LogP contribution >= 0.6 is 22.6 Å². The second-order valence-corrected chi connectivity index (χ2v) is 8.01. The lowest BCUT2D eigenvalue weighted by atomic mass is 10.1. The first kappa shape index (κ1) is 25.5. The van der Waals surface area contributed by atoms with Gasteiger partial charge in [-0.05, 0) is 52.4 Å². The second-order valence-electron chi connectivity index (χ2n) is 6.76. The van der Waals surface area contributed by atoms with E-state index in [1.165, 1.54) is 12.1 Å². The molecule has 11 heteroatoms. The third kappa shape index (κ3) is 6.68. The van der Waals surface area contributed by atoms with Crippen molar-refractivity contribution in [1.29, 1.82) is 0 Å². The van der Waals surface area contributed by atoms with Crippen molar-refractivity contribution in [1.82, 2.24) is 5.48 Å². The molecule has 0 saturated heterocycles. The molecule has 3 rings (SSSR count). The summed E-state index contributed by atoms with van der Waals surface area (Å²) in [7, 11) is 0. The molecule has 0 unspecified atom stereocenters. The standard InChI is InChI=1S/C23H19F3IN3O4/c24-18-11-16(27)6-7-19(18)29-22-17(23(32)30-33-9-8-31)10-15(20(25)21(22)26)12-28-34-13-14-4-2-1-3-5-14/h1-7,10-12,29,31H,8-9,13H2,(H,30,32). The summed E-state index contributed by atoms with van der Waals surface area (Å²) in [6.07, 6.45) is 0.919. The van der Waals surface area contributed by atoms with Crippen LogP contribution in [0.15, 0.2) is 59.8 Å². The van der Waals surface area contributed by atoms with E-state index in [1.54, 1.807) is 18.2 Å². The molecule has 0 aliphatic heterocycles. The highest BCUT2D eigenvalue weighted by Crippen LogP contribution is 2.30. The molecule has 7 nitrogen and oxygen atoms in total. The van der Waals surface area contributed by atoms with Gasteiger partial charge < -0.3 is 15.3 Å². The third-order valence-electron chi connectivity index (χ3n) is 4.37. The molecule has 0 aromatic heterocycles. The summed E-state index contributed by atoms with van der Waals surface area (Å²) in [5.74, 6) is -4.44. The molecule has 0 fully saturated rings. The van der Waals surface area contributed by atoms with Crippen LogP contribution in [0.1, 0.15) is 21.5 Å². The van der Waals surface area contributed by atoms with Gasteiger partial charge in [0, 0.05) is 9.13 Å². The van der Waals surface area contributed by atoms with E-state index in [-0.39, 0.29) is 36.6 Å². The molecular formula is C23H19F3IN3O4. The number of nitrogens with one attached hydrogen (secondary N) is 2. The summed E-state index contributed by atoms with van der Waals surface area (Å²) in [6.45, 7) is -0.519. The van der Waals surface area contributed by atoms with Gasteiger partial charge in [-0.2, -0.15) is 0 Å². The average molecular weight is 585 g/mol. The van der Waals surface area contributed by atoms with Crippen LogP contribution < -0.4 is 10.8 Å². The van der Waals surface area contributed by atoms with E-state index >= 15 is 4.39 Å². The SMILES string of the molecule is O=C(NOCCO)c1cc(C=NOCc2ccccc2)c(F)c(F)c1Nc1ccc(I)cc1F. The molecule has 0 atom stereocenters. The van der Waals surface area contributed by atoms with Gasteiger partial charge in [-0.1, -0.05) is 35.5 Å². The van der Waals surface area contributed by atoms with Crippen LogP contribution in [0, 0.1) is 21.0 Å². The van der Waals surface area contributed by atoms with Crippen LogP contribution in [0.2, 0.25) is 0 Å². The van der Waals surface area contributed by atoms with Crippen LogP contribution in [0.4, 0.5) is 24.5 Å². The number of hydrogen-bond acceptors (Lipinski definition) is 6. The second kappa shape index (κ2) is 12.3. The molecule has 0 aliphatic carbocycles. The summed E-state index contributed by atoms with van der Waals surface area (Å²) < 4.78 is 44.7. The lowest BCUT2D eigenvalue weighted by Gasteiger charge is -2.15. The molecule has 0 radical (unpaired) electrons. The maximum atomic E-state index is 15.0. The number of anilines is 2. The molecule has 0 heterocycles. The van der Waals surface area contributed by atoms with Gasteiger partial charge in [0.1, 0.15) is 12.4 Å². The number of carbonyl (C=O) groups excluding carboxylic acids is 1. The number of benzene rings is 3. The van der Waals surface area contributed by atoms with E-state index in [0.29, 0.717) is 3.57 Å². The first-order valence-corrected chi connectivity index (χ1v) is 10.9. The number of halogens is 4. The molecule has 0 saturated carbocycles. The lowest BCUT2D eigenvalue weighted by molar-refractivity contribution is 0.0168. The van der Waals surface area contributed by atoms with Crippen molar-refractivity contribution in [2.45, 2.75) is 6.61 Å². The molecule has 34 heavy (non-hydrogen) atoms. The van der Waals surface area contributed by atoms with Gasteiger partial charge in [0.2, 0.25) is 0 Å². The fourth-order valence-corrected chi connectivity index (χ4v) is 3.22. The molecule has 0 bridgehead atoms. The first-order valence-electron chi connectivity index (χ1n) is 9.87. The minimum absolute atomic E-state index is 0.0928. The van der Waals surface area contributed by atoms with Gasteiger partial charge in [-0.15, -0.1) is 0 Å². The monoisotopic (exact) mass is 585 g/mol. The Kier molecular flexibility index (Phi) is 9.24. The van der Waals surface area contributed by atoms with Crippen molar-refractivity contribution < 1.29 is 32.7 Å². The van der Waals surface area contributed by atoms with E-state index in [2.05, 4.69) is 10.5 Å². The summed E-state index contributed by atoms with van der Waals surface area (Å²) in [4.78, 5) is 22.5. The average Bonchev–Trinajstić information content (AvgIpc) is 2.83. The highest BCUT2D eigenvalue weighted by Gasteiger charge is 2.23. The number of carbonyl (C=O) groups is 1. The Morgan fingerprint density at radius 2 is 1.85 bits per heavy atom. The van der Waals surface area contributed by atoms with Gasteiger partial charge in [0.25, 0.3) is 5.91 Å². The first-order chi connectivity index (χ1) is 16.4. The van der Waals surface area contributed by atoms with E-state index in [4.69, 9.17) is 14.8 Å². The van der Waals surface area contributed by atoms with Crippen LogP contribution in [0.5, 0.6) is 0 Å². The van der Waals surface area contributed by atoms with Gasteiger partial charge in [0.15, 0.2) is 11.6 Å². The Morgan fingerprint density at radius 3 is 2.56 bits per heavy atom. The minimum Gasteiger partial charge on any atom is -0.394 e. The number of nitrogens with zero attached hydrogens (tertiary/aromatic N) is 1. The van der Waals surface area contributed by atoms with Crippen molar-refractivity contribution in [2.24, 2.45) is 5.16 Å². The Bertz CT molecular complexity index is 1180. The quantitative estimate of drug-likeness (QED) is 0.140. The van der Waals surface area contributed by atoms with Crippen molar-refractivity contribution in [3.8, 4) is 0 Å². The van der Waals surface area contributed by atoms with Crippen molar-refractivity contribution in [2.75, 3.05) is 18.5 Å². The fraction of sp³-hybridized carbons (Fsp3) is 0.130. The molecule has 1 amide bonds. The highest BCUT2D eigenvalue weighted by atomic mass is 127. The van der Waals surface area contributed by atoms with E-state index in [9.17, 15) is 13.6 Å². The van der Waals surface area contributed by atoms with Crippen LogP contribution in [-0.2, 0) is 16.3 Å². The number of hydrogen-bond donors (Lipinski definition) is 3. The molecular weight excluding hydrogens is 566 g/mol. The Labute approximate surface area is 206 Å². The maximum absolute atomic E-state index is 15.0. The number of oxime groups is 1. The summed E-state index contributed by atoms with van der Waals surface area (Å²) >= 11 is 1.90. The Balaban J connectivity index is 1.91. The minimum atomic E-state index is -1.43. The van der Waals surface area contributed by atoms with E-state index < -0.39 is 29.0 Å². The summed E-state index contributed by atoms with van der Waals surface area (Å²) in [6, 6.07) is 14.1. The van der Waals surface area contributed by atoms with E-state index in [0.717, 1.165) is 17.8 Å². The van der Waals surface area contributed by atoms with Crippen molar-refractivity contribution in [3.63, 3.8) is 0 Å².